The number of aromatic nitrogens is 1. The third-order valence-corrected chi connectivity index (χ3v) is 5.57. The Morgan fingerprint density at radius 3 is 2.47 bits per heavy atom. The van der Waals surface area contributed by atoms with E-state index in [0.717, 1.165) is 33.6 Å². The summed E-state index contributed by atoms with van der Waals surface area (Å²) in [5.41, 5.74) is 5.34. The van der Waals surface area contributed by atoms with E-state index < -0.39 is 18.2 Å². The molecule has 2 atom stereocenters. The average Bonchev–Trinajstić information content (AvgIpc) is 2.77. The monoisotopic (exact) mass is 431 g/mol. The Hall–Kier alpha value is -3.31. The predicted octanol–water partition coefficient (Wildman–Crippen LogP) is 5.76. The van der Waals surface area contributed by atoms with Gasteiger partial charge in [-0.25, -0.2) is 9.37 Å². The summed E-state index contributed by atoms with van der Waals surface area (Å²) in [5, 5.41) is 9.93. The molecule has 1 aromatic heterocycles. The van der Waals surface area contributed by atoms with Crippen molar-refractivity contribution in [1.82, 2.24) is 4.98 Å². The molecule has 5 heteroatoms. The zero-order chi connectivity index (χ0) is 22.7. The number of esters is 1. The first kappa shape index (κ1) is 21.9. The van der Waals surface area contributed by atoms with Crippen molar-refractivity contribution >= 4 is 12.0 Å². The molecular weight excluding hydrogens is 405 g/mol. The molecule has 1 N–H and O–H groups in total. The maximum atomic E-state index is 13.6. The summed E-state index contributed by atoms with van der Waals surface area (Å²) in [6, 6.07) is 18.3. The van der Waals surface area contributed by atoms with Crippen LogP contribution < -0.4 is 0 Å². The van der Waals surface area contributed by atoms with E-state index in [4.69, 9.17) is 9.72 Å². The van der Waals surface area contributed by atoms with Crippen LogP contribution >= 0.6 is 0 Å². The Kier molecular flexibility index (Phi) is 6.47. The number of ether oxygens (including phenoxy) is 1. The highest BCUT2D eigenvalue weighted by molar-refractivity contribution is 5.78. The number of rotatable bonds is 5. The normalized spacial score (nSPS) is 18.8. The first-order valence-electron chi connectivity index (χ1n) is 10.8. The summed E-state index contributed by atoms with van der Waals surface area (Å²) in [6.45, 7) is 4.22. The zero-order valence-corrected chi connectivity index (χ0v) is 18.2. The van der Waals surface area contributed by atoms with Gasteiger partial charge in [-0.3, -0.25) is 4.79 Å². The van der Waals surface area contributed by atoms with E-state index in [0.29, 0.717) is 6.42 Å². The molecule has 2 aromatic carbocycles. The molecule has 0 radical (unpaired) electrons. The molecule has 1 saturated heterocycles. The van der Waals surface area contributed by atoms with Crippen molar-refractivity contribution in [2.24, 2.45) is 0 Å². The number of nitrogens with zero attached hydrogens (tertiary/aromatic N) is 1. The van der Waals surface area contributed by atoms with Crippen LogP contribution in [0.5, 0.6) is 0 Å². The summed E-state index contributed by atoms with van der Waals surface area (Å²) in [7, 11) is 0. The minimum Gasteiger partial charge on any atom is -0.458 e. The van der Waals surface area contributed by atoms with Crippen LogP contribution in [0.1, 0.15) is 43.7 Å². The van der Waals surface area contributed by atoms with E-state index in [-0.39, 0.29) is 18.2 Å². The molecule has 4 nitrogen and oxygen atoms in total. The SMILES string of the molecule is CC(C)c1cc(-c2ccccc2)nc(-c2ccc(F)cc2)c1C=C[C@@H]1C[C@@H](O)CC(=O)O1. The summed E-state index contributed by atoms with van der Waals surface area (Å²) < 4.78 is 19.0. The zero-order valence-electron chi connectivity index (χ0n) is 18.2. The number of hydrogen-bond donors (Lipinski definition) is 1. The third-order valence-electron chi connectivity index (χ3n) is 5.57. The second-order valence-electron chi connectivity index (χ2n) is 8.37. The minimum atomic E-state index is -0.703. The van der Waals surface area contributed by atoms with Crippen LogP contribution in [0.3, 0.4) is 0 Å². The molecule has 1 aliphatic rings. The van der Waals surface area contributed by atoms with E-state index in [1.54, 1.807) is 18.2 Å². The van der Waals surface area contributed by atoms with Crippen LogP contribution in [-0.2, 0) is 9.53 Å². The summed E-state index contributed by atoms with van der Waals surface area (Å²) >= 11 is 0. The van der Waals surface area contributed by atoms with Crippen molar-refractivity contribution in [1.29, 1.82) is 0 Å². The number of benzene rings is 2. The number of pyridine rings is 1. The Morgan fingerprint density at radius 1 is 1.09 bits per heavy atom. The minimum absolute atomic E-state index is 0.0236. The van der Waals surface area contributed by atoms with Gasteiger partial charge in [0, 0.05) is 23.1 Å². The number of cyclic esters (lactones) is 1. The molecular formula is C27H26FNO3. The summed E-state index contributed by atoms with van der Waals surface area (Å²) in [4.78, 5) is 16.7. The van der Waals surface area contributed by atoms with Gasteiger partial charge in [-0.05, 0) is 47.9 Å². The number of aliphatic hydroxyl groups is 1. The molecule has 0 bridgehead atoms. The van der Waals surface area contributed by atoms with Crippen LogP contribution in [0.2, 0.25) is 0 Å². The van der Waals surface area contributed by atoms with Gasteiger partial charge in [-0.1, -0.05) is 50.3 Å². The molecule has 0 unspecified atom stereocenters. The van der Waals surface area contributed by atoms with Gasteiger partial charge in [-0.15, -0.1) is 0 Å². The number of carbonyl (C=O) groups excluding carboxylic acids is 1. The number of halogens is 1. The van der Waals surface area contributed by atoms with Crippen molar-refractivity contribution in [3.05, 3.63) is 83.7 Å². The number of aliphatic hydroxyl groups excluding tert-OH is 1. The van der Waals surface area contributed by atoms with Gasteiger partial charge in [0.05, 0.1) is 23.9 Å². The topological polar surface area (TPSA) is 59.4 Å². The van der Waals surface area contributed by atoms with E-state index in [1.807, 2.05) is 36.4 Å². The van der Waals surface area contributed by atoms with Crippen LogP contribution in [0.25, 0.3) is 28.6 Å². The Morgan fingerprint density at radius 2 is 1.81 bits per heavy atom. The van der Waals surface area contributed by atoms with Crippen molar-refractivity contribution < 1.29 is 19.0 Å². The maximum absolute atomic E-state index is 13.6. The standard InChI is InChI=1S/C27H26FNO3/c1-17(2)24-16-25(18-6-4-3-5-7-18)29-27(19-8-10-20(28)11-9-19)23(24)13-12-22-14-21(30)15-26(31)32-22/h3-13,16-17,21-22,30H,14-15H2,1-2H3/t21-,22-/m1/s1. The van der Waals surface area contributed by atoms with E-state index in [2.05, 4.69) is 19.9 Å². The van der Waals surface area contributed by atoms with Crippen LogP contribution in [0, 0.1) is 5.82 Å². The summed E-state index contributed by atoms with van der Waals surface area (Å²) in [5.74, 6) is -0.519. The largest absolute Gasteiger partial charge is 0.458 e. The van der Waals surface area contributed by atoms with Gasteiger partial charge in [0.1, 0.15) is 11.9 Å². The van der Waals surface area contributed by atoms with Crippen LogP contribution in [0.4, 0.5) is 4.39 Å². The molecule has 0 amide bonds. The maximum Gasteiger partial charge on any atom is 0.309 e. The van der Waals surface area contributed by atoms with E-state index in [9.17, 15) is 14.3 Å². The van der Waals surface area contributed by atoms with E-state index in [1.165, 1.54) is 12.1 Å². The van der Waals surface area contributed by atoms with Gasteiger partial charge >= 0.3 is 5.97 Å². The van der Waals surface area contributed by atoms with Gasteiger partial charge in [0.2, 0.25) is 0 Å². The third kappa shape index (κ3) is 4.94. The number of carbonyl (C=O) groups is 1. The fourth-order valence-corrected chi connectivity index (χ4v) is 3.94. The lowest BCUT2D eigenvalue weighted by atomic mass is 9.91. The Bertz CT molecular complexity index is 1120. The van der Waals surface area contributed by atoms with Gasteiger partial charge in [-0.2, -0.15) is 0 Å². The highest BCUT2D eigenvalue weighted by atomic mass is 19.1. The second-order valence-corrected chi connectivity index (χ2v) is 8.37. The van der Waals surface area contributed by atoms with Crippen molar-refractivity contribution in [2.75, 3.05) is 0 Å². The Balaban J connectivity index is 1.85. The lowest BCUT2D eigenvalue weighted by Crippen LogP contribution is -2.31. The predicted molar refractivity (Wildman–Crippen MR) is 123 cm³/mol. The molecule has 4 rings (SSSR count). The second kappa shape index (κ2) is 9.45. The molecule has 3 aromatic rings. The van der Waals surface area contributed by atoms with Crippen LogP contribution in [0.15, 0.2) is 66.7 Å². The van der Waals surface area contributed by atoms with Gasteiger partial charge in [0.25, 0.3) is 0 Å². The lowest BCUT2D eigenvalue weighted by Gasteiger charge is -2.24. The summed E-state index contributed by atoms with van der Waals surface area (Å²) in [6.07, 6.45) is 2.90. The van der Waals surface area contributed by atoms with E-state index >= 15 is 0 Å². The highest BCUT2D eigenvalue weighted by Gasteiger charge is 2.25. The molecule has 1 fully saturated rings. The quantitative estimate of drug-likeness (QED) is 0.522. The molecule has 0 aliphatic carbocycles. The lowest BCUT2D eigenvalue weighted by molar-refractivity contribution is -0.156. The molecule has 32 heavy (non-hydrogen) atoms. The fourth-order valence-electron chi connectivity index (χ4n) is 3.94. The average molecular weight is 432 g/mol. The molecule has 1 aliphatic heterocycles. The molecule has 0 spiro atoms. The highest BCUT2D eigenvalue weighted by Crippen LogP contribution is 2.34. The van der Waals surface area contributed by atoms with Crippen molar-refractivity contribution in [3.8, 4) is 22.5 Å². The van der Waals surface area contributed by atoms with Crippen LogP contribution in [-0.4, -0.2) is 28.3 Å². The molecule has 0 saturated carbocycles. The van der Waals surface area contributed by atoms with Gasteiger partial charge in [0.15, 0.2) is 0 Å². The van der Waals surface area contributed by atoms with Crippen molar-refractivity contribution in [2.45, 2.75) is 44.8 Å². The first-order valence-corrected chi connectivity index (χ1v) is 10.8. The van der Waals surface area contributed by atoms with Crippen molar-refractivity contribution in [3.63, 3.8) is 0 Å². The Labute approximate surface area is 187 Å². The molecule has 164 valence electrons. The molecule has 2 heterocycles. The van der Waals surface area contributed by atoms with Gasteiger partial charge < -0.3 is 9.84 Å². The number of hydrogen-bond acceptors (Lipinski definition) is 4. The smallest absolute Gasteiger partial charge is 0.309 e. The first-order chi connectivity index (χ1) is 15.4. The fraction of sp³-hybridized carbons (Fsp3) is 0.259.